The molecule has 3 aromatic rings. The van der Waals surface area contributed by atoms with Gasteiger partial charge in [-0.15, -0.1) is 0 Å². The lowest BCUT2D eigenvalue weighted by Gasteiger charge is -2.27. The van der Waals surface area contributed by atoms with Crippen molar-refractivity contribution < 1.29 is 13.2 Å². The molecule has 0 spiro atoms. The fourth-order valence-electron chi connectivity index (χ4n) is 3.03. The first-order valence-electron chi connectivity index (χ1n) is 9.41. The van der Waals surface area contributed by atoms with E-state index in [4.69, 9.17) is 0 Å². The fourth-order valence-corrected chi connectivity index (χ4v) is 4.28. The van der Waals surface area contributed by atoms with E-state index < -0.39 is 10.0 Å². The summed E-state index contributed by atoms with van der Waals surface area (Å²) >= 11 is 0. The summed E-state index contributed by atoms with van der Waals surface area (Å²) in [5, 5.41) is 13.3. The Labute approximate surface area is 181 Å². The van der Waals surface area contributed by atoms with Crippen LogP contribution in [0.4, 0.5) is 0 Å². The number of amides is 1. The predicted molar refractivity (Wildman–Crippen MR) is 114 cm³/mol. The van der Waals surface area contributed by atoms with Crippen molar-refractivity contribution >= 4 is 15.9 Å². The summed E-state index contributed by atoms with van der Waals surface area (Å²) in [6, 6.07) is 15.0. The van der Waals surface area contributed by atoms with E-state index in [1.54, 1.807) is 30.2 Å². The first kappa shape index (κ1) is 22.1. The maximum atomic E-state index is 12.9. The van der Waals surface area contributed by atoms with Crippen LogP contribution in [0.2, 0.25) is 0 Å². The number of hydrogen-bond donors (Lipinski definition) is 0. The van der Waals surface area contributed by atoms with Gasteiger partial charge in [0.1, 0.15) is 18.7 Å². The van der Waals surface area contributed by atoms with Crippen molar-refractivity contribution in [3.8, 4) is 11.8 Å². The Morgan fingerprint density at radius 2 is 1.84 bits per heavy atom. The van der Waals surface area contributed by atoms with E-state index >= 15 is 0 Å². The highest BCUT2D eigenvalue weighted by Gasteiger charge is 2.28. The second kappa shape index (κ2) is 9.07. The normalized spacial score (nSPS) is 12.4. The summed E-state index contributed by atoms with van der Waals surface area (Å²) in [7, 11) is -1.03. The lowest BCUT2D eigenvalue weighted by atomic mass is 10.1. The lowest BCUT2D eigenvalue weighted by molar-refractivity contribution is -0.131. The maximum Gasteiger partial charge on any atom is 0.244 e. The highest BCUT2D eigenvalue weighted by Crippen LogP contribution is 2.22. The quantitative estimate of drug-likeness (QED) is 0.557. The second-order valence-electron chi connectivity index (χ2n) is 6.98. The standard InChI is InChI=1S/C21H22N6O3S/c1-16(17-8-10-19(11-9-17)27-15-23-14-24-27)26(3)21(28)13-25(2)31(29,30)20-7-5-4-6-18(20)12-22/h4-11,14-16H,13H2,1-3H3. The molecule has 160 valence electrons. The van der Waals surface area contributed by atoms with Crippen LogP contribution in [0.3, 0.4) is 0 Å². The number of carbonyl (C=O) groups is 1. The van der Waals surface area contributed by atoms with E-state index in [9.17, 15) is 18.5 Å². The van der Waals surface area contributed by atoms with Gasteiger partial charge < -0.3 is 4.90 Å². The molecule has 1 atom stereocenters. The van der Waals surface area contributed by atoms with Gasteiger partial charge in [-0.1, -0.05) is 24.3 Å². The van der Waals surface area contributed by atoms with Crippen LogP contribution in [0.15, 0.2) is 66.1 Å². The second-order valence-corrected chi connectivity index (χ2v) is 8.99. The zero-order valence-corrected chi connectivity index (χ0v) is 18.2. The van der Waals surface area contributed by atoms with Gasteiger partial charge in [0, 0.05) is 14.1 Å². The minimum atomic E-state index is -3.98. The highest BCUT2D eigenvalue weighted by atomic mass is 32.2. The van der Waals surface area contributed by atoms with E-state index in [0.717, 1.165) is 15.6 Å². The Kier molecular flexibility index (Phi) is 6.48. The molecule has 9 nitrogen and oxygen atoms in total. The number of nitriles is 1. The number of aromatic nitrogens is 3. The molecule has 2 aromatic carbocycles. The molecule has 1 amide bonds. The van der Waals surface area contributed by atoms with Crippen molar-refractivity contribution in [2.75, 3.05) is 20.6 Å². The molecule has 0 N–H and O–H groups in total. The van der Waals surface area contributed by atoms with Crippen molar-refractivity contribution in [1.29, 1.82) is 5.26 Å². The smallest absolute Gasteiger partial charge is 0.244 e. The molecule has 0 fully saturated rings. The van der Waals surface area contributed by atoms with Gasteiger partial charge in [0.25, 0.3) is 0 Å². The zero-order valence-electron chi connectivity index (χ0n) is 17.4. The lowest BCUT2D eigenvalue weighted by Crippen LogP contribution is -2.40. The van der Waals surface area contributed by atoms with Gasteiger partial charge in [0.15, 0.2) is 0 Å². The summed E-state index contributed by atoms with van der Waals surface area (Å²) in [5.41, 5.74) is 1.76. The van der Waals surface area contributed by atoms with Crippen molar-refractivity contribution in [3.05, 3.63) is 72.3 Å². The number of benzene rings is 2. The van der Waals surface area contributed by atoms with Crippen LogP contribution in [0.1, 0.15) is 24.1 Å². The van der Waals surface area contributed by atoms with Crippen LogP contribution in [-0.4, -0.2) is 58.9 Å². The molecule has 3 rings (SSSR count). The molecular formula is C21H22N6O3S. The molecule has 0 aliphatic heterocycles. The predicted octanol–water partition coefficient (Wildman–Crippen LogP) is 1.98. The molecule has 0 bridgehead atoms. The Hall–Kier alpha value is -3.55. The van der Waals surface area contributed by atoms with Crippen LogP contribution in [0.5, 0.6) is 0 Å². The number of likely N-dealkylation sites (N-methyl/N-ethyl adjacent to an activating group) is 2. The monoisotopic (exact) mass is 438 g/mol. The van der Waals surface area contributed by atoms with Crippen LogP contribution >= 0.6 is 0 Å². The first-order valence-corrected chi connectivity index (χ1v) is 10.9. The summed E-state index contributed by atoms with van der Waals surface area (Å²) in [4.78, 5) is 18.1. The Balaban J connectivity index is 1.71. The van der Waals surface area contributed by atoms with E-state index in [2.05, 4.69) is 10.1 Å². The topological polar surface area (TPSA) is 112 Å². The molecule has 1 unspecified atom stereocenters. The van der Waals surface area contributed by atoms with E-state index in [1.165, 1.54) is 30.4 Å². The molecule has 0 aliphatic rings. The summed E-state index contributed by atoms with van der Waals surface area (Å²) in [6.07, 6.45) is 3.04. The zero-order chi connectivity index (χ0) is 22.6. The molecule has 1 heterocycles. The van der Waals surface area contributed by atoms with Crippen LogP contribution in [0.25, 0.3) is 5.69 Å². The summed E-state index contributed by atoms with van der Waals surface area (Å²) in [6.45, 7) is 1.52. The molecule has 0 saturated carbocycles. The third-order valence-electron chi connectivity index (χ3n) is 5.09. The summed E-state index contributed by atoms with van der Waals surface area (Å²) < 4.78 is 28.3. The highest BCUT2D eigenvalue weighted by molar-refractivity contribution is 7.89. The Morgan fingerprint density at radius 1 is 1.16 bits per heavy atom. The van der Waals surface area contributed by atoms with E-state index in [0.29, 0.717) is 0 Å². The minimum Gasteiger partial charge on any atom is -0.338 e. The number of carbonyl (C=O) groups excluding carboxylic acids is 1. The van der Waals surface area contributed by atoms with Crippen molar-refractivity contribution in [3.63, 3.8) is 0 Å². The molecule has 0 radical (unpaired) electrons. The molecular weight excluding hydrogens is 416 g/mol. The molecule has 1 aromatic heterocycles. The van der Waals surface area contributed by atoms with Gasteiger partial charge in [-0.25, -0.2) is 18.1 Å². The minimum absolute atomic E-state index is 0.0380. The molecule has 31 heavy (non-hydrogen) atoms. The van der Waals surface area contributed by atoms with Crippen molar-refractivity contribution in [2.45, 2.75) is 17.9 Å². The van der Waals surface area contributed by atoms with Gasteiger partial charge in [-0.3, -0.25) is 4.79 Å². The van der Waals surface area contributed by atoms with Crippen LogP contribution < -0.4 is 0 Å². The SMILES string of the molecule is CC(c1ccc(-n2cncn2)cc1)N(C)C(=O)CN(C)S(=O)(=O)c1ccccc1C#N. The summed E-state index contributed by atoms with van der Waals surface area (Å²) in [5.74, 6) is -0.367. The number of rotatable bonds is 7. The maximum absolute atomic E-state index is 12.9. The van der Waals surface area contributed by atoms with Gasteiger partial charge in [-0.2, -0.15) is 14.7 Å². The Bertz CT molecular complexity index is 1200. The van der Waals surface area contributed by atoms with Crippen LogP contribution in [-0.2, 0) is 14.8 Å². The fraction of sp³-hybridized carbons (Fsp3) is 0.238. The van der Waals surface area contributed by atoms with E-state index in [-0.39, 0.29) is 29.0 Å². The first-order chi connectivity index (χ1) is 14.8. The van der Waals surface area contributed by atoms with Gasteiger partial charge >= 0.3 is 0 Å². The van der Waals surface area contributed by atoms with Gasteiger partial charge in [0.05, 0.1) is 28.7 Å². The average molecular weight is 439 g/mol. The third kappa shape index (κ3) is 4.63. The average Bonchev–Trinajstić information content (AvgIpc) is 3.33. The molecule has 0 saturated heterocycles. The van der Waals surface area contributed by atoms with Crippen molar-refractivity contribution in [1.82, 2.24) is 24.0 Å². The third-order valence-corrected chi connectivity index (χ3v) is 6.95. The van der Waals surface area contributed by atoms with Crippen molar-refractivity contribution in [2.24, 2.45) is 0 Å². The Morgan fingerprint density at radius 3 is 2.45 bits per heavy atom. The number of sulfonamides is 1. The largest absolute Gasteiger partial charge is 0.338 e. The number of hydrogen-bond acceptors (Lipinski definition) is 6. The van der Waals surface area contributed by atoms with Gasteiger partial charge in [-0.05, 0) is 36.8 Å². The number of nitrogens with zero attached hydrogens (tertiary/aromatic N) is 6. The molecule has 10 heteroatoms. The van der Waals surface area contributed by atoms with E-state index in [1.807, 2.05) is 37.3 Å². The van der Waals surface area contributed by atoms with Crippen LogP contribution in [0, 0.1) is 11.3 Å². The van der Waals surface area contributed by atoms with Gasteiger partial charge in [0.2, 0.25) is 15.9 Å². The molecule has 0 aliphatic carbocycles.